The Bertz CT molecular complexity index is 2920. The third-order valence-electron chi connectivity index (χ3n) is 12.9. The molecule has 260 valence electrons. The van der Waals surface area contributed by atoms with Crippen LogP contribution in [0, 0.1) is 5.92 Å². The van der Waals surface area contributed by atoms with E-state index in [4.69, 9.17) is 4.42 Å². The topological polar surface area (TPSA) is 16.4 Å². The van der Waals surface area contributed by atoms with Crippen LogP contribution in [0.15, 0.2) is 174 Å². The van der Waals surface area contributed by atoms with E-state index in [1.165, 1.54) is 55.5 Å². The van der Waals surface area contributed by atoms with Gasteiger partial charge in [0.2, 0.25) is 0 Å². The maximum absolute atomic E-state index is 6.85. The molecule has 0 bridgehead atoms. The Labute approximate surface area is 316 Å². The summed E-state index contributed by atoms with van der Waals surface area (Å²) in [5.74, 6) is 0.663. The SMILES string of the molecule is CC1(C)c2ccccc2-c2c(N(C3=CC4C(C=C3)c3ccccc3C4(C)C)c3ccccc3-c3cccc4c3oc3cc5ccccc5cc34)cccc21. The summed E-state index contributed by atoms with van der Waals surface area (Å²) in [5, 5.41) is 4.68. The van der Waals surface area contributed by atoms with Crippen molar-refractivity contribution in [2.24, 2.45) is 5.92 Å². The highest BCUT2D eigenvalue weighted by molar-refractivity contribution is 6.14. The number of para-hydroxylation sites is 2. The first kappa shape index (κ1) is 31.4. The lowest BCUT2D eigenvalue weighted by Crippen LogP contribution is -2.28. The molecule has 3 aliphatic carbocycles. The van der Waals surface area contributed by atoms with Gasteiger partial charge in [0.25, 0.3) is 0 Å². The Kier molecular flexibility index (Phi) is 6.51. The molecule has 2 nitrogen and oxygen atoms in total. The van der Waals surface area contributed by atoms with E-state index < -0.39 is 0 Å². The number of furan rings is 1. The largest absolute Gasteiger partial charge is 0.455 e. The van der Waals surface area contributed by atoms with Gasteiger partial charge in [0, 0.05) is 44.5 Å². The van der Waals surface area contributed by atoms with Crippen LogP contribution in [0.2, 0.25) is 0 Å². The van der Waals surface area contributed by atoms with E-state index in [0.29, 0.717) is 11.8 Å². The lowest BCUT2D eigenvalue weighted by atomic mass is 9.74. The Morgan fingerprint density at radius 2 is 1.20 bits per heavy atom. The van der Waals surface area contributed by atoms with Gasteiger partial charge >= 0.3 is 0 Å². The van der Waals surface area contributed by atoms with Crippen LogP contribution in [-0.4, -0.2) is 0 Å². The minimum absolute atomic E-state index is 0.0148. The average molecular weight is 696 g/mol. The lowest BCUT2D eigenvalue weighted by Gasteiger charge is -2.36. The smallest absolute Gasteiger partial charge is 0.143 e. The minimum atomic E-state index is -0.118. The zero-order valence-electron chi connectivity index (χ0n) is 31.1. The van der Waals surface area contributed by atoms with Crippen LogP contribution in [0.5, 0.6) is 0 Å². The first-order chi connectivity index (χ1) is 26.3. The molecule has 8 aromatic rings. The van der Waals surface area contributed by atoms with Gasteiger partial charge < -0.3 is 9.32 Å². The van der Waals surface area contributed by atoms with Crippen molar-refractivity contribution in [1.29, 1.82) is 0 Å². The molecule has 0 radical (unpaired) electrons. The zero-order valence-corrected chi connectivity index (χ0v) is 31.1. The molecule has 0 spiro atoms. The van der Waals surface area contributed by atoms with Crippen LogP contribution in [0.4, 0.5) is 11.4 Å². The third-order valence-corrected chi connectivity index (χ3v) is 12.9. The van der Waals surface area contributed by atoms with Crippen LogP contribution in [0.25, 0.3) is 55.0 Å². The summed E-state index contributed by atoms with van der Waals surface area (Å²) < 4.78 is 6.85. The van der Waals surface area contributed by atoms with E-state index in [-0.39, 0.29) is 10.8 Å². The Hall–Kier alpha value is -6.12. The van der Waals surface area contributed by atoms with Crippen molar-refractivity contribution < 1.29 is 4.42 Å². The molecule has 0 saturated heterocycles. The molecule has 54 heavy (non-hydrogen) atoms. The van der Waals surface area contributed by atoms with E-state index in [1.54, 1.807) is 0 Å². The molecule has 0 amide bonds. The average Bonchev–Trinajstić information content (AvgIpc) is 3.77. The monoisotopic (exact) mass is 695 g/mol. The molecule has 0 aliphatic heterocycles. The fraction of sp³-hybridized carbons (Fsp3) is 0.154. The van der Waals surface area contributed by atoms with E-state index in [9.17, 15) is 0 Å². The maximum Gasteiger partial charge on any atom is 0.143 e. The molecule has 1 aromatic heterocycles. The molecule has 0 fully saturated rings. The van der Waals surface area contributed by atoms with Crippen molar-refractivity contribution in [2.45, 2.75) is 44.4 Å². The van der Waals surface area contributed by atoms with Gasteiger partial charge in [-0.15, -0.1) is 0 Å². The van der Waals surface area contributed by atoms with Crippen molar-refractivity contribution in [3.05, 3.63) is 192 Å². The first-order valence-electron chi connectivity index (χ1n) is 19.3. The number of fused-ring (bicyclic) bond motifs is 10. The third kappa shape index (κ3) is 4.28. The molecule has 1 heterocycles. The standard InChI is InChI=1S/C52H41NO/c1-51(2)43-23-11-8-19-40(43)49-44(51)24-14-26-47(49)53(34-27-28-36-35-17-7-10-22-42(35)52(3,4)45(36)31-34)46-25-12-9-18-37(46)38-20-13-21-39-41-29-32-15-5-6-16-33(32)30-48(41)54-50(38)39/h5-31,36,45H,1-4H3. The normalized spacial score (nSPS) is 18.7. The van der Waals surface area contributed by atoms with Gasteiger partial charge in [-0.25, -0.2) is 0 Å². The van der Waals surface area contributed by atoms with Gasteiger partial charge in [0.15, 0.2) is 0 Å². The fourth-order valence-corrected chi connectivity index (χ4v) is 10.2. The van der Waals surface area contributed by atoms with Gasteiger partial charge in [0.05, 0.1) is 11.4 Å². The molecule has 3 aliphatic rings. The van der Waals surface area contributed by atoms with Crippen LogP contribution in [0.1, 0.15) is 55.9 Å². The van der Waals surface area contributed by atoms with Crippen molar-refractivity contribution in [1.82, 2.24) is 0 Å². The van der Waals surface area contributed by atoms with Crippen LogP contribution >= 0.6 is 0 Å². The Morgan fingerprint density at radius 3 is 2.06 bits per heavy atom. The van der Waals surface area contributed by atoms with Gasteiger partial charge in [-0.2, -0.15) is 0 Å². The number of nitrogens with zero attached hydrogens (tertiary/aromatic N) is 1. The van der Waals surface area contributed by atoms with Crippen molar-refractivity contribution in [3.63, 3.8) is 0 Å². The second kappa shape index (κ2) is 11.2. The molecule has 2 heteroatoms. The predicted octanol–water partition coefficient (Wildman–Crippen LogP) is 14.0. The summed E-state index contributed by atoms with van der Waals surface area (Å²) in [5.41, 5.74) is 15.7. The number of anilines is 2. The summed E-state index contributed by atoms with van der Waals surface area (Å²) in [6, 6.07) is 53.5. The van der Waals surface area contributed by atoms with Crippen LogP contribution < -0.4 is 4.90 Å². The summed E-state index contributed by atoms with van der Waals surface area (Å²) >= 11 is 0. The number of benzene rings is 7. The molecule has 11 rings (SSSR count). The zero-order chi connectivity index (χ0) is 36.3. The van der Waals surface area contributed by atoms with Crippen LogP contribution in [0.3, 0.4) is 0 Å². The highest BCUT2D eigenvalue weighted by Crippen LogP contribution is 2.57. The Morgan fingerprint density at radius 1 is 0.556 bits per heavy atom. The Balaban J connectivity index is 1.17. The molecule has 7 aromatic carbocycles. The van der Waals surface area contributed by atoms with E-state index >= 15 is 0 Å². The first-order valence-corrected chi connectivity index (χ1v) is 19.3. The van der Waals surface area contributed by atoms with E-state index in [2.05, 4.69) is 196 Å². The molecular formula is C52H41NO. The number of allylic oxidation sites excluding steroid dienone is 3. The molecular weight excluding hydrogens is 655 g/mol. The second-order valence-corrected chi connectivity index (χ2v) is 16.5. The number of rotatable bonds is 4. The maximum atomic E-state index is 6.85. The van der Waals surface area contributed by atoms with Gasteiger partial charge in [0.1, 0.15) is 11.2 Å². The minimum Gasteiger partial charge on any atom is -0.455 e. The second-order valence-electron chi connectivity index (χ2n) is 16.5. The van der Waals surface area contributed by atoms with Crippen molar-refractivity contribution >= 4 is 44.1 Å². The predicted molar refractivity (Wildman–Crippen MR) is 226 cm³/mol. The summed E-state index contributed by atoms with van der Waals surface area (Å²) in [6.45, 7) is 9.59. The van der Waals surface area contributed by atoms with Crippen molar-refractivity contribution in [2.75, 3.05) is 4.90 Å². The molecule has 0 saturated carbocycles. The van der Waals surface area contributed by atoms with E-state index in [0.717, 1.165) is 38.8 Å². The molecule has 2 unspecified atom stereocenters. The number of hydrogen-bond donors (Lipinski definition) is 0. The van der Waals surface area contributed by atoms with Crippen LogP contribution in [-0.2, 0) is 10.8 Å². The highest BCUT2D eigenvalue weighted by atomic mass is 16.3. The fourth-order valence-electron chi connectivity index (χ4n) is 10.2. The highest BCUT2D eigenvalue weighted by Gasteiger charge is 2.46. The molecule has 2 atom stereocenters. The summed E-state index contributed by atoms with van der Waals surface area (Å²) in [4.78, 5) is 2.55. The quantitative estimate of drug-likeness (QED) is 0.182. The van der Waals surface area contributed by atoms with Gasteiger partial charge in [-0.1, -0.05) is 161 Å². The lowest BCUT2D eigenvalue weighted by molar-refractivity contribution is 0.392. The van der Waals surface area contributed by atoms with E-state index in [1.807, 2.05) is 0 Å². The van der Waals surface area contributed by atoms with Crippen molar-refractivity contribution in [3.8, 4) is 22.3 Å². The van der Waals surface area contributed by atoms with Gasteiger partial charge in [-0.05, 0) is 80.3 Å². The molecule has 0 N–H and O–H groups in total. The summed E-state index contributed by atoms with van der Waals surface area (Å²) in [7, 11) is 0. The van der Waals surface area contributed by atoms with Gasteiger partial charge in [-0.3, -0.25) is 0 Å². The summed E-state index contributed by atoms with van der Waals surface area (Å²) in [6.07, 6.45) is 7.42. The number of hydrogen-bond acceptors (Lipinski definition) is 2.